The number of hydrogen-bond acceptors (Lipinski definition) is 5. The molecule has 2 N–H and O–H groups in total. The topological polar surface area (TPSA) is 93.3 Å². The second-order valence-electron chi connectivity index (χ2n) is 6.05. The number of benzene rings is 1. The van der Waals surface area contributed by atoms with Crippen LogP contribution >= 0.6 is 0 Å². The fourth-order valence-corrected chi connectivity index (χ4v) is 2.34. The SMILES string of the molecule is CC(C)c1[nH]ncc1C(=O)OCC(=O)NCCc1ccc(OC(F)F)cc1. The standard InChI is InChI=1S/C18H21F2N3O4/c1-11(2)16-14(9-22-23-16)17(25)26-10-15(24)21-8-7-12-3-5-13(6-4-12)27-18(19)20/h3-6,9,11,18H,7-8,10H2,1-2H3,(H,21,24)(H,22,23). The van der Waals surface area contributed by atoms with Crippen molar-refractivity contribution in [2.24, 2.45) is 0 Å². The normalized spacial score (nSPS) is 10.9. The average Bonchev–Trinajstić information content (AvgIpc) is 3.11. The molecule has 0 unspecified atom stereocenters. The van der Waals surface area contributed by atoms with Gasteiger partial charge in [-0.1, -0.05) is 26.0 Å². The Morgan fingerprint density at radius 3 is 2.56 bits per heavy atom. The number of nitrogens with zero attached hydrogens (tertiary/aromatic N) is 1. The van der Waals surface area contributed by atoms with Crippen molar-refractivity contribution in [2.75, 3.05) is 13.2 Å². The highest BCUT2D eigenvalue weighted by Gasteiger charge is 2.18. The molecular formula is C18H21F2N3O4. The summed E-state index contributed by atoms with van der Waals surface area (Å²) in [7, 11) is 0. The molecule has 2 rings (SSSR count). The average molecular weight is 381 g/mol. The minimum atomic E-state index is -2.86. The fraction of sp³-hybridized carbons (Fsp3) is 0.389. The van der Waals surface area contributed by atoms with Crippen LogP contribution in [0.5, 0.6) is 5.75 Å². The molecular weight excluding hydrogens is 360 g/mol. The highest BCUT2D eigenvalue weighted by atomic mass is 19.3. The number of carbonyl (C=O) groups is 2. The maximum atomic E-state index is 12.1. The Kier molecular flexibility index (Phi) is 7.27. The highest BCUT2D eigenvalue weighted by molar-refractivity contribution is 5.92. The van der Waals surface area contributed by atoms with Crippen LogP contribution in [0, 0.1) is 0 Å². The number of aromatic nitrogens is 2. The van der Waals surface area contributed by atoms with Gasteiger partial charge in [-0.3, -0.25) is 9.89 Å². The molecule has 0 fully saturated rings. The van der Waals surface area contributed by atoms with E-state index >= 15 is 0 Å². The molecule has 27 heavy (non-hydrogen) atoms. The van der Waals surface area contributed by atoms with Crippen LogP contribution in [-0.2, 0) is 16.0 Å². The van der Waals surface area contributed by atoms with E-state index < -0.39 is 25.1 Å². The van der Waals surface area contributed by atoms with Crippen molar-refractivity contribution in [3.63, 3.8) is 0 Å². The monoisotopic (exact) mass is 381 g/mol. The Bertz CT molecular complexity index is 760. The molecule has 0 aliphatic heterocycles. The number of ether oxygens (including phenoxy) is 2. The van der Waals surface area contributed by atoms with Gasteiger partial charge in [0.1, 0.15) is 11.3 Å². The zero-order valence-corrected chi connectivity index (χ0v) is 15.0. The molecule has 0 saturated heterocycles. The lowest BCUT2D eigenvalue weighted by molar-refractivity contribution is -0.124. The number of rotatable bonds is 9. The van der Waals surface area contributed by atoms with Crippen LogP contribution in [0.2, 0.25) is 0 Å². The van der Waals surface area contributed by atoms with Gasteiger partial charge >= 0.3 is 12.6 Å². The first-order chi connectivity index (χ1) is 12.9. The van der Waals surface area contributed by atoms with Gasteiger partial charge in [0, 0.05) is 6.54 Å². The van der Waals surface area contributed by atoms with E-state index in [0.717, 1.165) is 5.56 Å². The number of nitrogens with one attached hydrogen (secondary N) is 2. The summed E-state index contributed by atoms with van der Waals surface area (Å²) in [5.41, 5.74) is 1.80. The van der Waals surface area contributed by atoms with E-state index in [1.54, 1.807) is 12.1 Å². The molecule has 9 heteroatoms. The van der Waals surface area contributed by atoms with E-state index in [4.69, 9.17) is 4.74 Å². The molecule has 0 bridgehead atoms. The molecule has 0 aliphatic carbocycles. The van der Waals surface area contributed by atoms with Crippen LogP contribution in [0.15, 0.2) is 30.5 Å². The van der Waals surface area contributed by atoms with Crippen molar-refractivity contribution < 1.29 is 27.8 Å². The molecule has 2 aromatic rings. The lowest BCUT2D eigenvalue weighted by Gasteiger charge is -2.08. The van der Waals surface area contributed by atoms with Crippen molar-refractivity contribution in [1.29, 1.82) is 0 Å². The summed E-state index contributed by atoms with van der Waals surface area (Å²) in [5, 5.41) is 9.18. The first kappa shape index (κ1) is 20.3. The molecule has 0 aliphatic rings. The number of esters is 1. The lowest BCUT2D eigenvalue weighted by atomic mass is 10.1. The van der Waals surface area contributed by atoms with E-state index in [9.17, 15) is 18.4 Å². The summed E-state index contributed by atoms with van der Waals surface area (Å²) in [4.78, 5) is 23.8. The van der Waals surface area contributed by atoms with Gasteiger partial charge in [-0.25, -0.2) is 4.79 Å². The zero-order chi connectivity index (χ0) is 19.8. The number of alkyl halides is 2. The van der Waals surface area contributed by atoms with Crippen molar-refractivity contribution in [3.05, 3.63) is 47.3 Å². The Balaban J connectivity index is 1.71. The van der Waals surface area contributed by atoms with E-state index in [2.05, 4.69) is 20.3 Å². The van der Waals surface area contributed by atoms with Gasteiger partial charge in [0.15, 0.2) is 6.61 Å². The lowest BCUT2D eigenvalue weighted by Crippen LogP contribution is -2.30. The number of amides is 1. The van der Waals surface area contributed by atoms with Crippen molar-refractivity contribution in [3.8, 4) is 5.75 Å². The maximum Gasteiger partial charge on any atom is 0.387 e. The quantitative estimate of drug-likeness (QED) is 0.652. The molecule has 0 spiro atoms. The summed E-state index contributed by atoms with van der Waals surface area (Å²) in [6.07, 6.45) is 1.87. The molecule has 0 radical (unpaired) electrons. The van der Waals surface area contributed by atoms with Crippen molar-refractivity contribution >= 4 is 11.9 Å². The number of halogens is 2. The second kappa shape index (κ2) is 9.65. The van der Waals surface area contributed by atoms with Crippen molar-refractivity contribution in [2.45, 2.75) is 32.8 Å². The predicted molar refractivity (Wildman–Crippen MR) is 92.7 cm³/mol. The Labute approximate surface area is 155 Å². The van der Waals surface area contributed by atoms with Crippen LogP contribution in [0.25, 0.3) is 0 Å². The third kappa shape index (κ3) is 6.36. The number of hydrogen-bond donors (Lipinski definition) is 2. The zero-order valence-electron chi connectivity index (χ0n) is 15.0. The smallest absolute Gasteiger partial charge is 0.387 e. The first-order valence-electron chi connectivity index (χ1n) is 8.37. The van der Waals surface area contributed by atoms with Gasteiger partial charge < -0.3 is 14.8 Å². The molecule has 1 aromatic heterocycles. The van der Waals surface area contributed by atoms with Crippen LogP contribution in [-0.4, -0.2) is 41.8 Å². The first-order valence-corrected chi connectivity index (χ1v) is 8.37. The minimum Gasteiger partial charge on any atom is -0.452 e. The van der Waals surface area contributed by atoms with Crippen LogP contribution in [0.3, 0.4) is 0 Å². The second-order valence-corrected chi connectivity index (χ2v) is 6.05. The van der Waals surface area contributed by atoms with Gasteiger partial charge in [-0.2, -0.15) is 13.9 Å². The van der Waals surface area contributed by atoms with Gasteiger partial charge in [-0.05, 0) is 30.0 Å². The third-order valence-electron chi connectivity index (χ3n) is 3.68. The summed E-state index contributed by atoms with van der Waals surface area (Å²) in [6, 6.07) is 6.14. The summed E-state index contributed by atoms with van der Waals surface area (Å²) >= 11 is 0. The van der Waals surface area contributed by atoms with Gasteiger partial charge in [0.25, 0.3) is 5.91 Å². The minimum absolute atomic E-state index is 0.0707. The maximum absolute atomic E-state index is 12.1. The fourth-order valence-electron chi connectivity index (χ4n) is 2.34. The van der Waals surface area contributed by atoms with E-state index in [1.165, 1.54) is 18.3 Å². The van der Waals surface area contributed by atoms with Crippen LogP contribution < -0.4 is 10.1 Å². The Morgan fingerprint density at radius 1 is 1.22 bits per heavy atom. The van der Waals surface area contributed by atoms with Crippen LogP contribution in [0.4, 0.5) is 8.78 Å². The van der Waals surface area contributed by atoms with Gasteiger partial charge in [-0.15, -0.1) is 0 Å². The molecule has 7 nitrogen and oxygen atoms in total. The summed E-state index contributed by atoms with van der Waals surface area (Å²) in [6.45, 7) is 0.861. The third-order valence-corrected chi connectivity index (χ3v) is 3.68. The molecule has 146 valence electrons. The molecule has 1 aromatic carbocycles. The summed E-state index contributed by atoms with van der Waals surface area (Å²) < 4.78 is 33.4. The predicted octanol–water partition coefficient (Wildman–Crippen LogP) is 2.65. The number of aromatic amines is 1. The summed E-state index contributed by atoms with van der Waals surface area (Å²) in [5.74, 6) is -0.904. The largest absolute Gasteiger partial charge is 0.452 e. The molecule has 0 saturated carbocycles. The highest BCUT2D eigenvalue weighted by Crippen LogP contribution is 2.17. The van der Waals surface area contributed by atoms with E-state index in [1.807, 2.05) is 13.8 Å². The molecule has 0 atom stereocenters. The van der Waals surface area contributed by atoms with Gasteiger partial charge in [0.05, 0.1) is 11.9 Å². The Morgan fingerprint density at radius 2 is 1.93 bits per heavy atom. The Hall–Kier alpha value is -2.97. The molecule has 1 amide bonds. The van der Waals surface area contributed by atoms with E-state index in [-0.39, 0.29) is 11.7 Å². The van der Waals surface area contributed by atoms with Crippen LogP contribution in [0.1, 0.15) is 41.4 Å². The van der Waals surface area contributed by atoms with Gasteiger partial charge in [0.2, 0.25) is 0 Å². The number of carbonyl (C=O) groups excluding carboxylic acids is 2. The molecule has 1 heterocycles. The van der Waals surface area contributed by atoms with Crippen molar-refractivity contribution in [1.82, 2.24) is 15.5 Å². The van der Waals surface area contributed by atoms with E-state index in [0.29, 0.717) is 24.2 Å². The number of H-pyrrole nitrogens is 1.